The number of ether oxygens (including phenoxy) is 1. The van der Waals surface area contributed by atoms with Crippen molar-refractivity contribution in [2.75, 3.05) is 26.3 Å². The van der Waals surface area contributed by atoms with E-state index >= 15 is 0 Å². The van der Waals surface area contributed by atoms with Gasteiger partial charge in [0.25, 0.3) is 0 Å². The lowest BCUT2D eigenvalue weighted by molar-refractivity contribution is -0.0714. The number of aryl methyl sites for hydroxylation is 1. The zero-order valence-electron chi connectivity index (χ0n) is 13.2. The van der Waals surface area contributed by atoms with E-state index in [-0.39, 0.29) is 11.4 Å². The monoisotopic (exact) mass is 295 g/mol. The summed E-state index contributed by atoms with van der Waals surface area (Å²) in [6.45, 7) is 9.25. The van der Waals surface area contributed by atoms with Gasteiger partial charge in [-0.15, -0.1) is 0 Å². The third-order valence-corrected chi connectivity index (χ3v) is 4.89. The highest BCUT2D eigenvalue weighted by Crippen LogP contribution is 2.28. The number of hydrogen-bond acceptors (Lipinski definition) is 3. The van der Waals surface area contributed by atoms with E-state index in [4.69, 9.17) is 4.74 Å². The zero-order chi connectivity index (χ0) is 15.5. The summed E-state index contributed by atoms with van der Waals surface area (Å²) >= 11 is 0. The fourth-order valence-corrected chi connectivity index (χ4v) is 3.06. The highest BCUT2D eigenvalue weighted by molar-refractivity contribution is 5.27. The second kappa shape index (κ2) is 6.86. The summed E-state index contributed by atoms with van der Waals surface area (Å²) in [5.74, 6) is -0.225. The smallest absolute Gasteiger partial charge is 0.123 e. The van der Waals surface area contributed by atoms with Gasteiger partial charge in [0.15, 0.2) is 0 Å². The maximum Gasteiger partial charge on any atom is 0.123 e. The van der Waals surface area contributed by atoms with Crippen LogP contribution in [0, 0.1) is 12.7 Å². The molecule has 1 fully saturated rings. The lowest BCUT2D eigenvalue weighted by Gasteiger charge is -2.46. The van der Waals surface area contributed by atoms with E-state index in [2.05, 4.69) is 18.7 Å². The lowest BCUT2D eigenvalue weighted by atomic mass is 9.84. The predicted octanol–water partition coefficient (Wildman–Crippen LogP) is 2.54. The minimum atomic E-state index is -0.482. The van der Waals surface area contributed by atoms with E-state index in [1.165, 1.54) is 12.1 Å². The third-order valence-electron chi connectivity index (χ3n) is 4.89. The van der Waals surface area contributed by atoms with Crippen LogP contribution in [0.25, 0.3) is 0 Å². The van der Waals surface area contributed by atoms with Gasteiger partial charge >= 0.3 is 0 Å². The maximum absolute atomic E-state index is 13.2. The summed E-state index contributed by atoms with van der Waals surface area (Å²) < 4.78 is 18.6. The highest BCUT2D eigenvalue weighted by Gasteiger charge is 2.38. The molecule has 1 N–H and O–H groups in total. The first-order valence-electron chi connectivity index (χ1n) is 7.73. The average molecular weight is 295 g/mol. The van der Waals surface area contributed by atoms with Crippen molar-refractivity contribution in [1.82, 2.24) is 4.90 Å². The largest absolute Gasteiger partial charge is 0.391 e. The van der Waals surface area contributed by atoms with E-state index in [1.807, 2.05) is 6.92 Å². The average Bonchev–Trinajstić information content (AvgIpc) is 2.50. The van der Waals surface area contributed by atoms with Gasteiger partial charge in [0.05, 0.1) is 19.3 Å². The summed E-state index contributed by atoms with van der Waals surface area (Å²) in [6.07, 6.45) is 0.937. The van der Waals surface area contributed by atoms with Crippen LogP contribution in [0.5, 0.6) is 0 Å². The molecule has 1 aromatic rings. The van der Waals surface area contributed by atoms with Crippen LogP contribution in [0.1, 0.15) is 31.4 Å². The van der Waals surface area contributed by atoms with Gasteiger partial charge in [-0.1, -0.05) is 13.0 Å². The molecule has 0 spiro atoms. The quantitative estimate of drug-likeness (QED) is 0.906. The Kier molecular flexibility index (Phi) is 5.36. The number of aliphatic hydroxyl groups excluding tert-OH is 1. The number of benzene rings is 1. The Balaban J connectivity index is 2.13. The highest BCUT2D eigenvalue weighted by atomic mass is 19.1. The molecule has 0 aromatic heterocycles. The van der Waals surface area contributed by atoms with Crippen LogP contribution in [-0.4, -0.2) is 48.0 Å². The number of morpholine rings is 1. The van der Waals surface area contributed by atoms with E-state index in [9.17, 15) is 9.50 Å². The van der Waals surface area contributed by atoms with Gasteiger partial charge in [0.1, 0.15) is 5.82 Å². The molecule has 0 saturated carbocycles. The number of rotatable bonds is 5. The Morgan fingerprint density at radius 1 is 1.38 bits per heavy atom. The topological polar surface area (TPSA) is 32.7 Å². The first-order chi connectivity index (χ1) is 9.97. The summed E-state index contributed by atoms with van der Waals surface area (Å²) in [7, 11) is 0. The fraction of sp³-hybridized carbons (Fsp3) is 0.647. The van der Waals surface area contributed by atoms with E-state index in [1.54, 1.807) is 6.07 Å². The van der Waals surface area contributed by atoms with Crippen LogP contribution in [-0.2, 0) is 11.2 Å². The molecule has 3 nitrogen and oxygen atoms in total. The van der Waals surface area contributed by atoms with Crippen LogP contribution in [0.2, 0.25) is 0 Å². The molecule has 21 heavy (non-hydrogen) atoms. The van der Waals surface area contributed by atoms with Crippen LogP contribution < -0.4 is 0 Å². The van der Waals surface area contributed by atoms with Gasteiger partial charge in [0, 0.05) is 25.0 Å². The van der Waals surface area contributed by atoms with Crippen molar-refractivity contribution in [2.45, 2.75) is 45.3 Å². The third kappa shape index (κ3) is 3.62. The van der Waals surface area contributed by atoms with Gasteiger partial charge < -0.3 is 9.84 Å². The number of hydrogen-bond donors (Lipinski definition) is 1. The fourth-order valence-electron chi connectivity index (χ4n) is 3.06. The van der Waals surface area contributed by atoms with E-state index in [0.29, 0.717) is 6.42 Å². The molecule has 1 aliphatic rings. The summed E-state index contributed by atoms with van der Waals surface area (Å²) in [5, 5.41) is 10.8. The van der Waals surface area contributed by atoms with Crippen molar-refractivity contribution in [3.05, 3.63) is 35.1 Å². The summed E-state index contributed by atoms with van der Waals surface area (Å²) in [4.78, 5) is 2.32. The molecule has 2 unspecified atom stereocenters. The van der Waals surface area contributed by atoms with E-state index < -0.39 is 6.10 Å². The Hall–Kier alpha value is -0.970. The summed E-state index contributed by atoms with van der Waals surface area (Å²) in [5.41, 5.74) is 1.64. The molecule has 0 radical (unpaired) electrons. The van der Waals surface area contributed by atoms with Crippen molar-refractivity contribution in [1.29, 1.82) is 0 Å². The van der Waals surface area contributed by atoms with Crippen LogP contribution in [0.4, 0.5) is 4.39 Å². The molecule has 0 amide bonds. The van der Waals surface area contributed by atoms with Crippen LogP contribution >= 0.6 is 0 Å². The van der Waals surface area contributed by atoms with Gasteiger partial charge in [-0.3, -0.25) is 4.90 Å². The standard InChI is InChI=1S/C17H26FNO2/c1-4-17(3,19-7-9-21-10-8-19)16(20)12-14-5-6-15(18)11-13(14)2/h5-6,11,16,20H,4,7-10,12H2,1-3H3. The number of nitrogens with zero attached hydrogens (tertiary/aromatic N) is 1. The molecular weight excluding hydrogens is 269 g/mol. The van der Waals surface area contributed by atoms with Crippen molar-refractivity contribution in [3.8, 4) is 0 Å². The minimum Gasteiger partial charge on any atom is -0.391 e. The second-order valence-electron chi connectivity index (χ2n) is 6.10. The SMILES string of the molecule is CCC(C)(C(O)Cc1ccc(F)cc1C)N1CCOCC1. The molecule has 4 heteroatoms. The van der Waals surface area contributed by atoms with Crippen LogP contribution in [0.15, 0.2) is 18.2 Å². The molecule has 1 saturated heterocycles. The second-order valence-corrected chi connectivity index (χ2v) is 6.10. The van der Waals surface area contributed by atoms with Gasteiger partial charge in [-0.2, -0.15) is 0 Å². The molecule has 1 heterocycles. The predicted molar refractivity (Wildman–Crippen MR) is 81.9 cm³/mol. The van der Waals surface area contributed by atoms with Crippen molar-refractivity contribution in [2.24, 2.45) is 0 Å². The van der Waals surface area contributed by atoms with Crippen molar-refractivity contribution < 1.29 is 14.2 Å². The molecule has 1 aromatic carbocycles. The molecule has 2 atom stereocenters. The first-order valence-corrected chi connectivity index (χ1v) is 7.73. The molecule has 1 aliphatic heterocycles. The molecular formula is C17H26FNO2. The Morgan fingerprint density at radius 3 is 2.62 bits per heavy atom. The van der Waals surface area contributed by atoms with E-state index in [0.717, 1.165) is 43.9 Å². The Labute approximate surface area is 126 Å². The molecule has 2 rings (SSSR count). The van der Waals surface area contributed by atoms with Gasteiger partial charge in [-0.25, -0.2) is 4.39 Å². The minimum absolute atomic E-state index is 0.225. The molecule has 0 bridgehead atoms. The first kappa shape index (κ1) is 16.4. The molecule has 0 aliphatic carbocycles. The zero-order valence-corrected chi connectivity index (χ0v) is 13.2. The van der Waals surface area contributed by atoms with Gasteiger partial charge in [-0.05, 0) is 43.5 Å². The Bertz CT molecular complexity index is 474. The van der Waals surface area contributed by atoms with Crippen molar-refractivity contribution in [3.63, 3.8) is 0 Å². The molecule has 118 valence electrons. The lowest BCUT2D eigenvalue weighted by Crippen LogP contribution is -2.58. The summed E-state index contributed by atoms with van der Waals surface area (Å²) in [6, 6.07) is 4.77. The van der Waals surface area contributed by atoms with Crippen molar-refractivity contribution >= 4 is 0 Å². The normalized spacial score (nSPS) is 21.0. The number of aliphatic hydroxyl groups is 1. The van der Waals surface area contributed by atoms with Gasteiger partial charge in [0.2, 0.25) is 0 Å². The van der Waals surface area contributed by atoms with Crippen LogP contribution in [0.3, 0.4) is 0 Å². The number of halogens is 1. The Morgan fingerprint density at radius 2 is 2.05 bits per heavy atom. The maximum atomic E-state index is 13.2.